The van der Waals surface area contributed by atoms with Crippen LogP contribution in [0.4, 0.5) is 0 Å². The number of thiophene rings is 1. The molecule has 0 radical (unpaired) electrons. The molecule has 0 aliphatic carbocycles. The average molecular weight is 419 g/mol. The van der Waals surface area contributed by atoms with Gasteiger partial charge in [-0.3, -0.25) is 0 Å². The van der Waals surface area contributed by atoms with Crippen molar-refractivity contribution in [3.05, 3.63) is 49.0 Å². The lowest BCUT2D eigenvalue weighted by Gasteiger charge is -2.12. The molecule has 0 bridgehead atoms. The second-order valence-electron chi connectivity index (χ2n) is 4.62. The van der Waals surface area contributed by atoms with Crippen LogP contribution in [0.1, 0.15) is 23.8 Å². The molecule has 1 aromatic heterocycles. The van der Waals surface area contributed by atoms with Crippen molar-refractivity contribution in [2.45, 2.75) is 32.4 Å². The number of hydrogen-bond donors (Lipinski definition) is 1. The second kappa shape index (κ2) is 7.59. The predicted molar refractivity (Wildman–Crippen MR) is 92.5 cm³/mol. The van der Waals surface area contributed by atoms with Gasteiger partial charge in [0.25, 0.3) is 0 Å². The van der Waals surface area contributed by atoms with E-state index in [-0.39, 0.29) is 6.04 Å². The average Bonchev–Trinajstić information content (AvgIpc) is 2.85. The van der Waals surface area contributed by atoms with Crippen molar-refractivity contribution in [1.29, 1.82) is 0 Å². The van der Waals surface area contributed by atoms with Gasteiger partial charge in [0, 0.05) is 15.4 Å². The maximum atomic E-state index is 6.03. The normalized spacial score (nSPS) is 12.4. The first kappa shape index (κ1) is 16.0. The smallest absolute Gasteiger partial charge is 0.122 e. The van der Waals surface area contributed by atoms with E-state index in [4.69, 9.17) is 10.5 Å². The molecule has 108 valence electrons. The Morgan fingerprint density at radius 2 is 2.05 bits per heavy atom. The SMILES string of the molecule is CCC(N)Cc1cc(OCc2ccc(Br)s2)ccc1Br. The summed E-state index contributed by atoms with van der Waals surface area (Å²) in [7, 11) is 0. The van der Waals surface area contributed by atoms with Gasteiger partial charge in [-0.15, -0.1) is 11.3 Å². The highest BCUT2D eigenvalue weighted by Gasteiger charge is 2.07. The van der Waals surface area contributed by atoms with Crippen LogP contribution in [0, 0.1) is 0 Å². The predicted octanol–water partition coefficient (Wildman–Crippen LogP) is 5.13. The van der Waals surface area contributed by atoms with Crippen molar-refractivity contribution in [3.63, 3.8) is 0 Å². The van der Waals surface area contributed by atoms with Gasteiger partial charge < -0.3 is 10.5 Å². The van der Waals surface area contributed by atoms with Gasteiger partial charge in [-0.1, -0.05) is 22.9 Å². The lowest BCUT2D eigenvalue weighted by atomic mass is 10.0. The highest BCUT2D eigenvalue weighted by molar-refractivity contribution is 9.11. The lowest BCUT2D eigenvalue weighted by Crippen LogP contribution is -2.21. The summed E-state index contributed by atoms with van der Waals surface area (Å²) in [5.41, 5.74) is 7.22. The molecule has 2 rings (SSSR count). The Bertz CT molecular complexity index is 571. The molecule has 1 heterocycles. The molecule has 0 aliphatic heterocycles. The molecule has 5 heteroatoms. The molecular formula is C15H17Br2NOS. The fourth-order valence-corrected chi connectivity index (χ4v) is 3.61. The van der Waals surface area contributed by atoms with E-state index < -0.39 is 0 Å². The molecule has 20 heavy (non-hydrogen) atoms. The van der Waals surface area contributed by atoms with E-state index in [1.54, 1.807) is 11.3 Å². The van der Waals surface area contributed by atoms with Gasteiger partial charge in [0.1, 0.15) is 12.4 Å². The molecule has 2 nitrogen and oxygen atoms in total. The van der Waals surface area contributed by atoms with Gasteiger partial charge in [0.05, 0.1) is 3.79 Å². The zero-order valence-electron chi connectivity index (χ0n) is 11.2. The Morgan fingerprint density at radius 3 is 2.70 bits per heavy atom. The van der Waals surface area contributed by atoms with Crippen LogP contribution in [-0.4, -0.2) is 6.04 Å². The molecule has 2 N–H and O–H groups in total. The van der Waals surface area contributed by atoms with Crippen molar-refractivity contribution in [1.82, 2.24) is 0 Å². The summed E-state index contributed by atoms with van der Waals surface area (Å²) in [6.45, 7) is 2.70. The lowest BCUT2D eigenvalue weighted by molar-refractivity contribution is 0.309. The molecule has 0 saturated heterocycles. The van der Waals surface area contributed by atoms with E-state index in [1.165, 1.54) is 10.4 Å². The number of hydrogen-bond acceptors (Lipinski definition) is 3. The minimum absolute atomic E-state index is 0.190. The largest absolute Gasteiger partial charge is 0.488 e. The summed E-state index contributed by atoms with van der Waals surface area (Å²) >= 11 is 8.72. The number of halogens is 2. The summed E-state index contributed by atoms with van der Waals surface area (Å²) in [6.07, 6.45) is 1.83. The number of benzene rings is 1. The van der Waals surface area contributed by atoms with Gasteiger partial charge in [-0.05, 0) is 64.7 Å². The van der Waals surface area contributed by atoms with Crippen LogP contribution in [0.3, 0.4) is 0 Å². The van der Waals surface area contributed by atoms with Crippen molar-refractivity contribution in [2.75, 3.05) is 0 Å². The fraction of sp³-hybridized carbons (Fsp3) is 0.333. The molecule has 1 atom stereocenters. The van der Waals surface area contributed by atoms with E-state index >= 15 is 0 Å². The van der Waals surface area contributed by atoms with Crippen LogP contribution in [0.25, 0.3) is 0 Å². The minimum atomic E-state index is 0.190. The topological polar surface area (TPSA) is 35.2 Å². The molecule has 0 spiro atoms. The van der Waals surface area contributed by atoms with Crippen molar-refractivity contribution < 1.29 is 4.74 Å². The van der Waals surface area contributed by atoms with Crippen molar-refractivity contribution >= 4 is 43.2 Å². The summed E-state index contributed by atoms with van der Waals surface area (Å²) in [5, 5.41) is 0. The standard InChI is InChI=1S/C15H17Br2NOS/c1-2-11(18)7-10-8-12(3-5-14(10)16)19-9-13-4-6-15(17)20-13/h3-6,8,11H,2,7,9,18H2,1H3. The Labute approximate surface area is 140 Å². The van der Waals surface area contributed by atoms with Crippen molar-refractivity contribution in [2.24, 2.45) is 5.73 Å². The Kier molecular flexibility index (Phi) is 6.08. The number of rotatable bonds is 6. The van der Waals surface area contributed by atoms with E-state index in [2.05, 4.69) is 50.9 Å². The van der Waals surface area contributed by atoms with E-state index in [0.29, 0.717) is 6.61 Å². The van der Waals surface area contributed by atoms with Gasteiger partial charge in [0.15, 0.2) is 0 Å². The van der Waals surface area contributed by atoms with Gasteiger partial charge in [-0.25, -0.2) is 0 Å². The van der Waals surface area contributed by atoms with Gasteiger partial charge in [0.2, 0.25) is 0 Å². The first-order valence-electron chi connectivity index (χ1n) is 6.49. The third-order valence-corrected chi connectivity index (χ3v) is 5.40. The Balaban J connectivity index is 2.03. The van der Waals surface area contributed by atoms with Crippen LogP contribution < -0.4 is 10.5 Å². The fourth-order valence-electron chi connectivity index (χ4n) is 1.81. The zero-order chi connectivity index (χ0) is 14.5. The summed E-state index contributed by atoms with van der Waals surface area (Å²) in [4.78, 5) is 1.20. The third-order valence-electron chi connectivity index (χ3n) is 3.03. The van der Waals surface area contributed by atoms with Crippen LogP contribution in [0.15, 0.2) is 38.6 Å². The molecule has 2 aromatic rings. The second-order valence-corrected chi connectivity index (χ2v) is 8.02. The zero-order valence-corrected chi connectivity index (χ0v) is 15.2. The quantitative estimate of drug-likeness (QED) is 0.705. The Hall–Kier alpha value is -0.360. The van der Waals surface area contributed by atoms with Crippen molar-refractivity contribution in [3.8, 4) is 5.75 Å². The molecular weight excluding hydrogens is 402 g/mol. The third kappa shape index (κ3) is 4.58. The first-order valence-corrected chi connectivity index (χ1v) is 8.89. The summed E-state index contributed by atoms with van der Waals surface area (Å²) in [5.74, 6) is 0.885. The van der Waals surface area contributed by atoms with E-state index in [1.807, 2.05) is 18.2 Å². The molecule has 1 aromatic carbocycles. The number of ether oxygens (including phenoxy) is 1. The monoisotopic (exact) mass is 417 g/mol. The van der Waals surface area contributed by atoms with Crippen LogP contribution in [0.5, 0.6) is 5.75 Å². The Morgan fingerprint density at radius 1 is 1.25 bits per heavy atom. The molecule has 1 unspecified atom stereocenters. The first-order chi connectivity index (χ1) is 9.58. The molecule has 0 amide bonds. The molecule has 0 fully saturated rings. The maximum absolute atomic E-state index is 6.03. The summed E-state index contributed by atoms with van der Waals surface area (Å²) < 4.78 is 8.06. The van der Waals surface area contributed by atoms with Crippen LogP contribution >= 0.6 is 43.2 Å². The highest BCUT2D eigenvalue weighted by Crippen LogP contribution is 2.26. The van der Waals surface area contributed by atoms with Crippen LogP contribution in [-0.2, 0) is 13.0 Å². The molecule has 0 aliphatic rings. The van der Waals surface area contributed by atoms with Gasteiger partial charge >= 0.3 is 0 Å². The highest BCUT2D eigenvalue weighted by atomic mass is 79.9. The summed E-state index contributed by atoms with van der Waals surface area (Å²) in [6, 6.07) is 10.4. The van der Waals surface area contributed by atoms with E-state index in [0.717, 1.165) is 26.9 Å². The number of nitrogens with two attached hydrogens (primary N) is 1. The molecule has 0 saturated carbocycles. The van der Waals surface area contributed by atoms with Crippen LogP contribution in [0.2, 0.25) is 0 Å². The minimum Gasteiger partial charge on any atom is -0.488 e. The van der Waals surface area contributed by atoms with E-state index in [9.17, 15) is 0 Å². The van der Waals surface area contributed by atoms with Gasteiger partial charge in [-0.2, -0.15) is 0 Å². The maximum Gasteiger partial charge on any atom is 0.122 e.